The highest BCUT2D eigenvalue weighted by atomic mass is 16.5. The number of aromatic nitrogens is 3. The van der Waals surface area contributed by atoms with E-state index in [0.717, 1.165) is 16.9 Å². The SMILES string of the molecule is COc1ccccc1Nc1nncc(Nc2ccc(C)cc2C)n1. The Balaban J connectivity index is 1.81. The highest BCUT2D eigenvalue weighted by molar-refractivity contribution is 5.64. The molecule has 0 aliphatic carbocycles. The van der Waals surface area contributed by atoms with Gasteiger partial charge in [0, 0.05) is 5.69 Å². The lowest BCUT2D eigenvalue weighted by Crippen LogP contribution is -2.03. The predicted octanol–water partition coefficient (Wildman–Crippen LogP) is 3.98. The molecule has 3 aromatic rings. The van der Waals surface area contributed by atoms with Gasteiger partial charge < -0.3 is 15.4 Å². The zero-order valence-corrected chi connectivity index (χ0v) is 13.9. The smallest absolute Gasteiger partial charge is 0.249 e. The maximum absolute atomic E-state index is 5.32. The summed E-state index contributed by atoms with van der Waals surface area (Å²) in [5, 5.41) is 14.4. The fourth-order valence-electron chi connectivity index (χ4n) is 2.38. The van der Waals surface area contributed by atoms with Crippen LogP contribution in [0.5, 0.6) is 5.75 Å². The summed E-state index contributed by atoms with van der Waals surface area (Å²) in [6.07, 6.45) is 1.59. The molecule has 2 aromatic carbocycles. The number of para-hydroxylation sites is 2. The normalized spacial score (nSPS) is 10.3. The first kappa shape index (κ1) is 15.7. The number of benzene rings is 2. The van der Waals surface area contributed by atoms with Crippen LogP contribution in [0.2, 0.25) is 0 Å². The number of nitrogens with one attached hydrogen (secondary N) is 2. The molecule has 0 aliphatic rings. The molecule has 0 unspecified atom stereocenters. The lowest BCUT2D eigenvalue weighted by Gasteiger charge is -2.11. The third kappa shape index (κ3) is 3.60. The van der Waals surface area contributed by atoms with E-state index in [1.807, 2.05) is 30.3 Å². The Morgan fingerprint density at radius 1 is 0.958 bits per heavy atom. The van der Waals surface area contributed by atoms with Crippen molar-refractivity contribution in [1.82, 2.24) is 15.2 Å². The minimum absolute atomic E-state index is 0.397. The van der Waals surface area contributed by atoms with Crippen molar-refractivity contribution >= 4 is 23.1 Å². The number of anilines is 4. The van der Waals surface area contributed by atoms with Gasteiger partial charge >= 0.3 is 0 Å². The summed E-state index contributed by atoms with van der Waals surface area (Å²) in [4.78, 5) is 4.45. The monoisotopic (exact) mass is 321 g/mol. The largest absolute Gasteiger partial charge is 0.495 e. The summed E-state index contributed by atoms with van der Waals surface area (Å²) >= 11 is 0. The molecule has 1 aromatic heterocycles. The zero-order valence-electron chi connectivity index (χ0n) is 13.9. The van der Waals surface area contributed by atoms with Crippen molar-refractivity contribution in [3.05, 3.63) is 59.8 Å². The second kappa shape index (κ2) is 6.95. The summed E-state index contributed by atoms with van der Waals surface area (Å²) in [7, 11) is 1.62. The molecule has 1 heterocycles. The first-order chi connectivity index (χ1) is 11.7. The molecule has 0 saturated carbocycles. The number of nitrogens with zero attached hydrogens (tertiary/aromatic N) is 3. The minimum Gasteiger partial charge on any atom is -0.495 e. The Kier molecular flexibility index (Phi) is 4.56. The number of aryl methyl sites for hydroxylation is 2. The first-order valence-electron chi connectivity index (χ1n) is 7.60. The van der Waals surface area contributed by atoms with Crippen LogP contribution in [0.3, 0.4) is 0 Å². The third-order valence-electron chi connectivity index (χ3n) is 3.56. The number of hydrogen-bond donors (Lipinski definition) is 2. The molecular weight excluding hydrogens is 302 g/mol. The average Bonchev–Trinajstić information content (AvgIpc) is 2.58. The second-order valence-corrected chi connectivity index (χ2v) is 5.43. The van der Waals surface area contributed by atoms with Crippen molar-refractivity contribution in [2.24, 2.45) is 0 Å². The lowest BCUT2D eigenvalue weighted by molar-refractivity contribution is 0.417. The summed E-state index contributed by atoms with van der Waals surface area (Å²) < 4.78 is 5.32. The lowest BCUT2D eigenvalue weighted by atomic mass is 10.1. The van der Waals surface area contributed by atoms with Gasteiger partial charge in [0.1, 0.15) is 5.75 Å². The van der Waals surface area contributed by atoms with Gasteiger partial charge in [-0.1, -0.05) is 29.8 Å². The van der Waals surface area contributed by atoms with Crippen LogP contribution in [0, 0.1) is 13.8 Å². The molecule has 0 atom stereocenters. The van der Waals surface area contributed by atoms with E-state index in [9.17, 15) is 0 Å². The highest BCUT2D eigenvalue weighted by Crippen LogP contribution is 2.26. The molecule has 6 nitrogen and oxygen atoms in total. The Morgan fingerprint density at radius 2 is 1.79 bits per heavy atom. The van der Waals surface area contributed by atoms with Crippen LogP contribution in [-0.4, -0.2) is 22.3 Å². The Labute approximate surface area is 140 Å². The van der Waals surface area contributed by atoms with Crippen LogP contribution in [0.25, 0.3) is 0 Å². The van der Waals surface area contributed by atoms with Crippen LogP contribution in [0.1, 0.15) is 11.1 Å². The topological polar surface area (TPSA) is 72.0 Å². The van der Waals surface area contributed by atoms with Crippen molar-refractivity contribution in [3.8, 4) is 5.75 Å². The summed E-state index contributed by atoms with van der Waals surface area (Å²) in [6, 6.07) is 13.8. The summed E-state index contributed by atoms with van der Waals surface area (Å²) in [6.45, 7) is 4.12. The van der Waals surface area contributed by atoms with Gasteiger partial charge in [0.15, 0.2) is 5.82 Å². The van der Waals surface area contributed by atoms with E-state index in [1.54, 1.807) is 13.3 Å². The van der Waals surface area contributed by atoms with Gasteiger partial charge in [-0.25, -0.2) is 0 Å². The van der Waals surface area contributed by atoms with Gasteiger partial charge in [-0.2, -0.15) is 10.1 Å². The Hall–Kier alpha value is -3.15. The molecule has 0 bridgehead atoms. The van der Waals surface area contributed by atoms with Crippen molar-refractivity contribution in [2.75, 3.05) is 17.7 Å². The van der Waals surface area contributed by atoms with Gasteiger partial charge in [0.05, 0.1) is 19.0 Å². The van der Waals surface area contributed by atoms with E-state index in [-0.39, 0.29) is 0 Å². The van der Waals surface area contributed by atoms with Gasteiger partial charge in [-0.05, 0) is 37.6 Å². The van der Waals surface area contributed by atoms with Gasteiger partial charge in [0.2, 0.25) is 5.95 Å². The van der Waals surface area contributed by atoms with E-state index < -0.39 is 0 Å². The van der Waals surface area contributed by atoms with Crippen LogP contribution in [-0.2, 0) is 0 Å². The van der Waals surface area contributed by atoms with E-state index >= 15 is 0 Å². The van der Waals surface area contributed by atoms with Crippen molar-refractivity contribution in [2.45, 2.75) is 13.8 Å². The second-order valence-electron chi connectivity index (χ2n) is 5.43. The van der Waals surface area contributed by atoms with Crippen LogP contribution < -0.4 is 15.4 Å². The van der Waals surface area contributed by atoms with Crippen molar-refractivity contribution in [1.29, 1.82) is 0 Å². The Morgan fingerprint density at radius 3 is 2.58 bits per heavy atom. The molecule has 0 radical (unpaired) electrons. The molecular formula is C18H19N5O. The third-order valence-corrected chi connectivity index (χ3v) is 3.56. The number of rotatable bonds is 5. The molecule has 6 heteroatoms. The molecule has 0 amide bonds. The molecule has 0 saturated heterocycles. The van der Waals surface area contributed by atoms with Crippen molar-refractivity contribution in [3.63, 3.8) is 0 Å². The van der Waals surface area contributed by atoms with Gasteiger partial charge in [-0.15, -0.1) is 5.10 Å². The molecule has 3 rings (SSSR count). The number of methoxy groups -OCH3 is 1. The summed E-state index contributed by atoms with van der Waals surface area (Å²) in [5.41, 5.74) is 4.14. The van der Waals surface area contributed by atoms with Crippen LogP contribution in [0.4, 0.5) is 23.1 Å². The van der Waals surface area contributed by atoms with Crippen molar-refractivity contribution < 1.29 is 4.74 Å². The number of hydrogen-bond acceptors (Lipinski definition) is 6. The fourth-order valence-corrected chi connectivity index (χ4v) is 2.38. The molecule has 24 heavy (non-hydrogen) atoms. The zero-order chi connectivity index (χ0) is 16.9. The molecule has 122 valence electrons. The molecule has 2 N–H and O–H groups in total. The Bertz CT molecular complexity index is 850. The number of ether oxygens (including phenoxy) is 1. The fraction of sp³-hybridized carbons (Fsp3) is 0.167. The molecule has 0 aliphatic heterocycles. The quantitative estimate of drug-likeness (QED) is 0.740. The van der Waals surface area contributed by atoms with E-state index in [4.69, 9.17) is 4.74 Å². The van der Waals surface area contributed by atoms with Gasteiger partial charge in [-0.3, -0.25) is 0 Å². The van der Waals surface area contributed by atoms with Crippen LogP contribution in [0.15, 0.2) is 48.7 Å². The molecule has 0 fully saturated rings. The van der Waals surface area contributed by atoms with E-state index in [1.165, 1.54) is 5.56 Å². The first-order valence-corrected chi connectivity index (χ1v) is 7.60. The van der Waals surface area contributed by atoms with E-state index in [0.29, 0.717) is 17.5 Å². The van der Waals surface area contributed by atoms with Crippen LogP contribution >= 0.6 is 0 Å². The maximum Gasteiger partial charge on any atom is 0.249 e. The van der Waals surface area contributed by atoms with E-state index in [2.05, 4.69) is 51.8 Å². The summed E-state index contributed by atoms with van der Waals surface area (Å²) in [5.74, 6) is 1.73. The van der Waals surface area contributed by atoms with Gasteiger partial charge in [0.25, 0.3) is 0 Å². The maximum atomic E-state index is 5.32. The minimum atomic E-state index is 0.397. The predicted molar refractivity (Wildman–Crippen MR) is 95.3 cm³/mol. The highest BCUT2D eigenvalue weighted by Gasteiger charge is 2.06. The standard InChI is InChI=1S/C18H19N5O/c1-12-8-9-14(13(2)10-12)20-17-11-19-23-18(22-17)21-15-6-4-5-7-16(15)24-3/h4-11H,1-3H3,(H2,20,21,22,23). The molecule has 0 spiro atoms. The average molecular weight is 321 g/mol.